The number of nitrogens with two attached hydrogens (primary N) is 1. The summed E-state index contributed by atoms with van der Waals surface area (Å²) in [5.41, 5.74) is 6.59. The molecule has 3 N–H and O–H groups in total. The lowest BCUT2D eigenvalue weighted by Crippen LogP contribution is -2.19. The van der Waals surface area contributed by atoms with Crippen molar-refractivity contribution in [3.05, 3.63) is 40.6 Å². The molecular formula is C14H16BrFN4. The first-order valence-electron chi connectivity index (χ1n) is 6.35. The van der Waals surface area contributed by atoms with Crippen molar-refractivity contribution in [1.82, 2.24) is 10.2 Å². The van der Waals surface area contributed by atoms with Gasteiger partial charge in [-0.1, -0.05) is 15.9 Å². The van der Waals surface area contributed by atoms with E-state index < -0.39 is 0 Å². The summed E-state index contributed by atoms with van der Waals surface area (Å²) in [7, 11) is 0. The van der Waals surface area contributed by atoms with Crippen LogP contribution in [-0.2, 0) is 0 Å². The topological polar surface area (TPSA) is 63.8 Å². The van der Waals surface area contributed by atoms with Gasteiger partial charge in [0, 0.05) is 22.6 Å². The first kappa shape index (κ1) is 14.9. The predicted molar refractivity (Wildman–Crippen MR) is 81.9 cm³/mol. The van der Waals surface area contributed by atoms with E-state index in [1.807, 2.05) is 6.92 Å². The second kappa shape index (κ2) is 6.76. The number of hydrogen-bond acceptors (Lipinski definition) is 4. The third kappa shape index (κ3) is 3.98. The quantitative estimate of drug-likeness (QED) is 0.878. The van der Waals surface area contributed by atoms with Gasteiger partial charge in [-0.2, -0.15) is 0 Å². The first-order valence-corrected chi connectivity index (χ1v) is 7.14. The number of aromatic nitrogens is 2. The molecule has 1 unspecified atom stereocenters. The van der Waals surface area contributed by atoms with E-state index in [9.17, 15) is 4.39 Å². The van der Waals surface area contributed by atoms with Crippen LogP contribution in [0.15, 0.2) is 34.8 Å². The number of nitrogens with zero attached hydrogens (tertiary/aromatic N) is 2. The minimum atomic E-state index is -0.319. The van der Waals surface area contributed by atoms with Crippen LogP contribution in [0.4, 0.5) is 10.2 Å². The lowest BCUT2D eigenvalue weighted by Gasteiger charge is -2.08. The second-order valence-electron chi connectivity index (χ2n) is 4.62. The molecule has 0 aliphatic rings. The Bertz CT molecular complexity index is 572. The van der Waals surface area contributed by atoms with Gasteiger partial charge in [-0.3, -0.25) is 0 Å². The van der Waals surface area contributed by atoms with E-state index in [2.05, 4.69) is 31.4 Å². The minimum absolute atomic E-state index is 0.144. The van der Waals surface area contributed by atoms with E-state index in [0.29, 0.717) is 17.1 Å². The molecular weight excluding hydrogens is 323 g/mol. The third-order valence-electron chi connectivity index (χ3n) is 2.77. The van der Waals surface area contributed by atoms with Crippen LogP contribution in [0.1, 0.15) is 13.3 Å². The van der Waals surface area contributed by atoms with Gasteiger partial charge >= 0.3 is 0 Å². The molecule has 6 heteroatoms. The third-order valence-corrected chi connectivity index (χ3v) is 3.27. The molecule has 0 aliphatic heterocycles. The van der Waals surface area contributed by atoms with Gasteiger partial charge < -0.3 is 11.1 Å². The van der Waals surface area contributed by atoms with Gasteiger partial charge in [0.25, 0.3) is 0 Å². The summed E-state index contributed by atoms with van der Waals surface area (Å²) in [6.45, 7) is 2.68. The van der Waals surface area contributed by atoms with Crippen LogP contribution >= 0.6 is 15.9 Å². The average molecular weight is 339 g/mol. The Morgan fingerprint density at radius 1 is 1.30 bits per heavy atom. The maximum atomic E-state index is 13.7. The molecule has 0 saturated heterocycles. The van der Waals surface area contributed by atoms with E-state index in [1.54, 1.807) is 24.3 Å². The lowest BCUT2D eigenvalue weighted by atomic mass is 10.1. The zero-order valence-corrected chi connectivity index (χ0v) is 12.7. The maximum absolute atomic E-state index is 13.7. The predicted octanol–water partition coefficient (Wildman–Crippen LogP) is 3.19. The Morgan fingerprint density at radius 3 is 2.75 bits per heavy atom. The number of rotatable bonds is 5. The van der Waals surface area contributed by atoms with Crippen molar-refractivity contribution in [3.8, 4) is 11.3 Å². The van der Waals surface area contributed by atoms with Gasteiger partial charge in [0.05, 0.1) is 5.69 Å². The zero-order chi connectivity index (χ0) is 14.5. The fourth-order valence-corrected chi connectivity index (χ4v) is 2.05. The van der Waals surface area contributed by atoms with Crippen molar-refractivity contribution in [3.63, 3.8) is 0 Å². The van der Waals surface area contributed by atoms with E-state index in [-0.39, 0.29) is 11.9 Å². The molecule has 0 fully saturated rings. The van der Waals surface area contributed by atoms with Crippen LogP contribution in [0.2, 0.25) is 0 Å². The molecule has 0 spiro atoms. The van der Waals surface area contributed by atoms with Crippen molar-refractivity contribution < 1.29 is 4.39 Å². The van der Waals surface area contributed by atoms with Gasteiger partial charge in [0.15, 0.2) is 0 Å². The van der Waals surface area contributed by atoms with Crippen LogP contribution in [0.25, 0.3) is 11.3 Å². The maximum Gasteiger partial charge on any atom is 0.148 e. The average Bonchev–Trinajstić information content (AvgIpc) is 2.42. The van der Waals surface area contributed by atoms with E-state index in [1.165, 1.54) is 6.07 Å². The lowest BCUT2D eigenvalue weighted by molar-refractivity contribution is 0.630. The highest BCUT2D eigenvalue weighted by Crippen LogP contribution is 2.24. The second-order valence-corrected chi connectivity index (χ2v) is 5.54. The van der Waals surface area contributed by atoms with Crippen LogP contribution < -0.4 is 11.1 Å². The molecule has 2 rings (SSSR count). The summed E-state index contributed by atoms with van der Waals surface area (Å²) in [5, 5.41) is 11.2. The number of halogens is 2. The fourth-order valence-electron chi connectivity index (χ4n) is 1.69. The van der Waals surface area contributed by atoms with Crippen molar-refractivity contribution in [2.45, 2.75) is 19.4 Å². The van der Waals surface area contributed by atoms with Gasteiger partial charge in [-0.05, 0) is 43.7 Å². The van der Waals surface area contributed by atoms with Crippen molar-refractivity contribution >= 4 is 21.7 Å². The summed E-state index contributed by atoms with van der Waals surface area (Å²) < 4.78 is 14.5. The first-order chi connectivity index (χ1) is 9.56. The summed E-state index contributed by atoms with van der Waals surface area (Å²) >= 11 is 3.32. The largest absolute Gasteiger partial charge is 0.369 e. The normalized spacial score (nSPS) is 12.2. The molecule has 0 radical (unpaired) electrons. The highest BCUT2D eigenvalue weighted by Gasteiger charge is 2.08. The molecule has 106 valence electrons. The Balaban J connectivity index is 2.09. The SMILES string of the molecule is CC(N)CCNc1ccc(-c2cc(Br)ccc2F)nn1. The molecule has 1 aromatic heterocycles. The monoisotopic (exact) mass is 338 g/mol. The van der Waals surface area contributed by atoms with Crippen LogP contribution in [0, 0.1) is 5.82 Å². The van der Waals surface area contributed by atoms with Crippen molar-refractivity contribution in [1.29, 1.82) is 0 Å². The van der Waals surface area contributed by atoms with Gasteiger partial charge in [-0.25, -0.2) is 4.39 Å². The molecule has 0 aliphatic carbocycles. The molecule has 1 atom stereocenters. The van der Waals surface area contributed by atoms with Crippen molar-refractivity contribution in [2.24, 2.45) is 5.73 Å². The fraction of sp³-hybridized carbons (Fsp3) is 0.286. The van der Waals surface area contributed by atoms with E-state index in [4.69, 9.17) is 5.73 Å². The Labute approximate surface area is 125 Å². The summed E-state index contributed by atoms with van der Waals surface area (Å²) in [5.74, 6) is 0.338. The smallest absolute Gasteiger partial charge is 0.148 e. The van der Waals surface area contributed by atoms with Gasteiger partial charge in [-0.15, -0.1) is 10.2 Å². The van der Waals surface area contributed by atoms with E-state index >= 15 is 0 Å². The van der Waals surface area contributed by atoms with Crippen molar-refractivity contribution in [2.75, 3.05) is 11.9 Å². The van der Waals surface area contributed by atoms with Crippen LogP contribution in [0.5, 0.6) is 0 Å². The molecule has 1 aromatic carbocycles. The Morgan fingerprint density at radius 2 is 2.10 bits per heavy atom. The molecule has 1 heterocycles. The zero-order valence-electron chi connectivity index (χ0n) is 11.1. The number of hydrogen-bond donors (Lipinski definition) is 2. The standard InChI is InChI=1S/C14H16BrFN4/c1-9(17)6-7-18-14-5-4-13(19-20-14)11-8-10(15)2-3-12(11)16/h2-5,8-9H,6-7,17H2,1H3,(H,18,20). The highest BCUT2D eigenvalue weighted by molar-refractivity contribution is 9.10. The number of benzene rings is 1. The molecule has 0 bridgehead atoms. The molecule has 0 amide bonds. The van der Waals surface area contributed by atoms with Crippen LogP contribution in [0.3, 0.4) is 0 Å². The number of nitrogens with one attached hydrogen (secondary N) is 1. The van der Waals surface area contributed by atoms with Crippen LogP contribution in [-0.4, -0.2) is 22.8 Å². The molecule has 4 nitrogen and oxygen atoms in total. The Kier molecular flexibility index (Phi) is 5.03. The summed E-state index contributed by atoms with van der Waals surface area (Å²) in [6, 6.07) is 8.40. The molecule has 0 saturated carbocycles. The summed E-state index contributed by atoms with van der Waals surface area (Å²) in [6.07, 6.45) is 0.851. The van der Waals surface area contributed by atoms with E-state index in [0.717, 1.165) is 17.4 Å². The highest BCUT2D eigenvalue weighted by atomic mass is 79.9. The minimum Gasteiger partial charge on any atom is -0.369 e. The van der Waals surface area contributed by atoms with Gasteiger partial charge in [0.1, 0.15) is 11.6 Å². The summed E-state index contributed by atoms with van der Waals surface area (Å²) in [4.78, 5) is 0. The number of anilines is 1. The van der Waals surface area contributed by atoms with Gasteiger partial charge in [0.2, 0.25) is 0 Å². The molecule has 20 heavy (non-hydrogen) atoms. The molecule has 2 aromatic rings. The Hall–Kier alpha value is -1.53.